The van der Waals surface area contributed by atoms with Gasteiger partial charge in [-0.15, -0.1) is 0 Å². The fourth-order valence-electron chi connectivity index (χ4n) is 4.56. The number of fused-ring (bicyclic) bond motifs is 5. The molecule has 1 heterocycles. The van der Waals surface area contributed by atoms with Crippen molar-refractivity contribution in [3.8, 4) is 33.5 Å². The molecular formula is C27H25N. The number of aromatic nitrogens is 1. The lowest BCUT2D eigenvalue weighted by Crippen LogP contribution is -2.09. The first-order chi connectivity index (χ1) is 13.4. The van der Waals surface area contributed by atoms with Crippen molar-refractivity contribution in [2.24, 2.45) is 5.41 Å². The van der Waals surface area contributed by atoms with Gasteiger partial charge < -0.3 is 0 Å². The number of benzene rings is 3. The highest BCUT2D eigenvalue weighted by atomic mass is 14.7. The van der Waals surface area contributed by atoms with E-state index < -0.39 is 0 Å². The second-order valence-electron chi connectivity index (χ2n) is 9.18. The SMILES string of the molecule is Cc1cnc2c3c(cccc13)-c1ccccc1-c1cc(CC(C)(C)C)ccc1-2. The maximum Gasteiger partial charge on any atom is 0.0792 e. The second kappa shape index (κ2) is 6.04. The first-order valence-electron chi connectivity index (χ1n) is 10.0. The minimum absolute atomic E-state index is 0.261. The van der Waals surface area contributed by atoms with Gasteiger partial charge in [-0.2, -0.15) is 0 Å². The summed E-state index contributed by atoms with van der Waals surface area (Å²) in [4.78, 5) is 4.93. The molecule has 0 unspecified atom stereocenters. The summed E-state index contributed by atoms with van der Waals surface area (Å²) in [5, 5.41) is 2.57. The van der Waals surface area contributed by atoms with Gasteiger partial charge in [0.15, 0.2) is 0 Å². The maximum atomic E-state index is 4.93. The highest BCUT2D eigenvalue weighted by Gasteiger charge is 2.23. The molecule has 1 heteroatoms. The molecule has 0 fully saturated rings. The van der Waals surface area contributed by atoms with E-state index in [-0.39, 0.29) is 5.41 Å². The molecule has 138 valence electrons. The average Bonchev–Trinajstić information content (AvgIpc) is 2.78. The molecule has 5 rings (SSSR count). The predicted molar refractivity (Wildman–Crippen MR) is 120 cm³/mol. The molecule has 28 heavy (non-hydrogen) atoms. The largest absolute Gasteiger partial charge is 0.255 e. The molecule has 0 amide bonds. The minimum Gasteiger partial charge on any atom is -0.255 e. The quantitative estimate of drug-likeness (QED) is 0.301. The lowest BCUT2D eigenvalue weighted by Gasteiger charge is -2.20. The van der Waals surface area contributed by atoms with Gasteiger partial charge in [0.1, 0.15) is 0 Å². The van der Waals surface area contributed by atoms with Crippen LogP contribution >= 0.6 is 0 Å². The Morgan fingerprint density at radius 2 is 1.46 bits per heavy atom. The highest BCUT2D eigenvalue weighted by Crippen LogP contribution is 2.47. The van der Waals surface area contributed by atoms with Crippen molar-refractivity contribution in [2.45, 2.75) is 34.1 Å². The molecule has 0 saturated heterocycles. The van der Waals surface area contributed by atoms with Gasteiger partial charge in [0.2, 0.25) is 0 Å². The van der Waals surface area contributed by atoms with Gasteiger partial charge in [0.25, 0.3) is 0 Å². The van der Waals surface area contributed by atoms with Crippen LogP contribution in [0.25, 0.3) is 44.3 Å². The fraction of sp³-hybridized carbons (Fsp3) is 0.222. The lowest BCUT2D eigenvalue weighted by molar-refractivity contribution is 0.411. The fourth-order valence-corrected chi connectivity index (χ4v) is 4.56. The van der Waals surface area contributed by atoms with Crippen LogP contribution in [0.2, 0.25) is 0 Å². The van der Waals surface area contributed by atoms with Crippen molar-refractivity contribution in [2.75, 3.05) is 0 Å². The third kappa shape index (κ3) is 2.65. The van der Waals surface area contributed by atoms with E-state index in [2.05, 4.69) is 88.4 Å². The molecule has 0 spiro atoms. The Labute approximate surface area is 167 Å². The van der Waals surface area contributed by atoms with Crippen LogP contribution in [0.5, 0.6) is 0 Å². The van der Waals surface area contributed by atoms with Crippen LogP contribution in [0.15, 0.2) is 66.9 Å². The van der Waals surface area contributed by atoms with Gasteiger partial charge in [0.05, 0.1) is 5.69 Å². The lowest BCUT2D eigenvalue weighted by atomic mass is 9.85. The van der Waals surface area contributed by atoms with Crippen LogP contribution in [0, 0.1) is 12.3 Å². The van der Waals surface area contributed by atoms with E-state index in [1.165, 1.54) is 49.7 Å². The molecule has 0 radical (unpaired) electrons. The van der Waals surface area contributed by atoms with Gasteiger partial charge in [-0.1, -0.05) is 81.4 Å². The van der Waals surface area contributed by atoms with Gasteiger partial charge >= 0.3 is 0 Å². The van der Waals surface area contributed by atoms with Gasteiger partial charge in [-0.25, -0.2) is 0 Å². The summed E-state index contributed by atoms with van der Waals surface area (Å²) in [6.45, 7) is 9.05. The molecule has 0 aliphatic heterocycles. The molecule has 0 N–H and O–H groups in total. The van der Waals surface area contributed by atoms with Crippen molar-refractivity contribution >= 4 is 10.8 Å². The number of aryl methyl sites for hydroxylation is 1. The number of nitrogens with zero attached hydrogens (tertiary/aromatic N) is 1. The van der Waals surface area contributed by atoms with E-state index >= 15 is 0 Å². The van der Waals surface area contributed by atoms with E-state index in [4.69, 9.17) is 4.98 Å². The Balaban J connectivity index is 1.90. The van der Waals surface area contributed by atoms with Crippen LogP contribution in [0.1, 0.15) is 31.9 Å². The van der Waals surface area contributed by atoms with Crippen LogP contribution in [0.3, 0.4) is 0 Å². The summed E-state index contributed by atoms with van der Waals surface area (Å²) in [5.74, 6) is 0. The molecule has 0 atom stereocenters. The first kappa shape index (κ1) is 17.2. The number of pyridine rings is 1. The van der Waals surface area contributed by atoms with Crippen molar-refractivity contribution in [1.82, 2.24) is 4.98 Å². The molecule has 3 aromatic carbocycles. The Bertz CT molecular complexity index is 1220. The smallest absolute Gasteiger partial charge is 0.0792 e. The minimum atomic E-state index is 0.261. The van der Waals surface area contributed by atoms with Crippen molar-refractivity contribution < 1.29 is 0 Å². The van der Waals surface area contributed by atoms with Gasteiger partial charge in [-0.3, -0.25) is 4.98 Å². The Morgan fingerprint density at radius 1 is 0.750 bits per heavy atom. The highest BCUT2D eigenvalue weighted by molar-refractivity contribution is 6.12. The summed E-state index contributed by atoms with van der Waals surface area (Å²) in [6.07, 6.45) is 3.08. The van der Waals surface area contributed by atoms with E-state index in [0.717, 1.165) is 12.1 Å². The molecule has 1 aromatic heterocycles. The third-order valence-corrected chi connectivity index (χ3v) is 5.69. The zero-order valence-corrected chi connectivity index (χ0v) is 17.0. The van der Waals surface area contributed by atoms with Crippen LogP contribution in [-0.4, -0.2) is 4.98 Å². The molecule has 0 bridgehead atoms. The molecule has 0 saturated carbocycles. The molecule has 1 aliphatic rings. The number of hydrogen-bond donors (Lipinski definition) is 0. The molecule has 1 nitrogen and oxygen atoms in total. The zero-order valence-electron chi connectivity index (χ0n) is 17.0. The summed E-state index contributed by atoms with van der Waals surface area (Å²) in [6, 6.07) is 22.4. The molecular weight excluding hydrogens is 338 g/mol. The predicted octanol–water partition coefficient (Wildman–Crippen LogP) is 7.45. The Hall–Kier alpha value is -2.93. The third-order valence-electron chi connectivity index (χ3n) is 5.69. The summed E-state index contributed by atoms with van der Waals surface area (Å²) in [7, 11) is 0. The maximum absolute atomic E-state index is 4.93. The summed E-state index contributed by atoms with van der Waals surface area (Å²) in [5.41, 5.74) is 10.4. The second-order valence-corrected chi connectivity index (χ2v) is 9.18. The summed E-state index contributed by atoms with van der Waals surface area (Å²) >= 11 is 0. The Kier molecular flexibility index (Phi) is 3.71. The van der Waals surface area contributed by atoms with Gasteiger partial charge in [0, 0.05) is 17.1 Å². The zero-order chi connectivity index (χ0) is 19.5. The van der Waals surface area contributed by atoms with E-state index in [0.29, 0.717) is 0 Å². The Morgan fingerprint density at radius 3 is 2.21 bits per heavy atom. The topological polar surface area (TPSA) is 12.9 Å². The first-order valence-corrected chi connectivity index (χ1v) is 10.0. The summed E-state index contributed by atoms with van der Waals surface area (Å²) < 4.78 is 0. The average molecular weight is 364 g/mol. The van der Waals surface area contributed by atoms with Crippen LogP contribution in [0.4, 0.5) is 0 Å². The monoisotopic (exact) mass is 363 g/mol. The van der Waals surface area contributed by atoms with Crippen LogP contribution in [-0.2, 0) is 6.42 Å². The number of hydrogen-bond acceptors (Lipinski definition) is 1. The van der Waals surface area contributed by atoms with Crippen molar-refractivity contribution in [3.63, 3.8) is 0 Å². The normalized spacial score (nSPS) is 12.4. The van der Waals surface area contributed by atoms with E-state index in [9.17, 15) is 0 Å². The molecule has 1 aliphatic carbocycles. The van der Waals surface area contributed by atoms with Crippen molar-refractivity contribution in [1.29, 1.82) is 0 Å². The van der Waals surface area contributed by atoms with E-state index in [1.54, 1.807) is 0 Å². The van der Waals surface area contributed by atoms with Gasteiger partial charge in [-0.05, 0) is 57.5 Å². The van der Waals surface area contributed by atoms with Crippen molar-refractivity contribution in [3.05, 3.63) is 78.0 Å². The molecule has 4 aromatic rings. The van der Waals surface area contributed by atoms with Crippen LogP contribution < -0.4 is 0 Å². The number of rotatable bonds is 1. The van der Waals surface area contributed by atoms with E-state index in [1.807, 2.05) is 6.20 Å². The standard InChI is InChI=1S/C27H25N/c1-17-16-28-26-23-13-12-18(15-27(2,3)4)14-24(23)21-9-6-5-8-20(21)22-11-7-10-19(17)25(22)26/h5-14,16H,15H2,1-4H3.